The molecule has 1 aromatic heterocycles. The van der Waals surface area contributed by atoms with Gasteiger partial charge in [-0.3, -0.25) is 9.78 Å². The summed E-state index contributed by atoms with van der Waals surface area (Å²) in [6.07, 6.45) is 3.21. The average Bonchev–Trinajstić information content (AvgIpc) is 2.73. The molecule has 0 fully saturated rings. The SMILES string of the molecule is CC.CC.O=C(Nc1cnc(-c2ccccc2)cn1)c1ccccc1. The van der Waals surface area contributed by atoms with Crippen molar-refractivity contribution in [2.75, 3.05) is 5.32 Å². The summed E-state index contributed by atoms with van der Waals surface area (Å²) < 4.78 is 0. The van der Waals surface area contributed by atoms with Crippen molar-refractivity contribution < 1.29 is 4.79 Å². The van der Waals surface area contributed by atoms with Crippen LogP contribution in [0.5, 0.6) is 0 Å². The standard InChI is InChI=1S/C17H13N3O.2C2H6/c21-17(14-9-5-2-6-10-14)20-16-12-18-15(11-19-16)13-7-3-1-4-8-13;2*1-2/h1-12H,(H,19,20,21);2*1-2H3. The van der Waals surface area contributed by atoms with Crippen LogP contribution >= 0.6 is 0 Å². The number of carbonyl (C=O) groups is 1. The van der Waals surface area contributed by atoms with Crippen LogP contribution in [-0.4, -0.2) is 15.9 Å². The maximum absolute atomic E-state index is 12.0. The second kappa shape index (κ2) is 11.5. The number of nitrogens with zero attached hydrogens (tertiary/aromatic N) is 2. The van der Waals surface area contributed by atoms with E-state index in [-0.39, 0.29) is 5.91 Å². The molecule has 0 radical (unpaired) electrons. The van der Waals surface area contributed by atoms with Gasteiger partial charge in [-0.2, -0.15) is 0 Å². The molecule has 0 bridgehead atoms. The maximum atomic E-state index is 12.0. The van der Waals surface area contributed by atoms with E-state index in [1.54, 1.807) is 24.5 Å². The molecule has 1 heterocycles. The summed E-state index contributed by atoms with van der Waals surface area (Å²) in [6.45, 7) is 8.00. The zero-order valence-corrected chi connectivity index (χ0v) is 15.2. The van der Waals surface area contributed by atoms with E-state index < -0.39 is 0 Å². The van der Waals surface area contributed by atoms with Crippen LogP contribution in [0.2, 0.25) is 0 Å². The molecular weight excluding hydrogens is 310 g/mol. The van der Waals surface area contributed by atoms with Crippen LogP contribution in [0.4, 0.5) is 5.82 Å². The molecule has 0 atom stereocenters. The van der Waals surface area contributed by atoms with Crippen molar-refractivity contribution in [1.82, 2.24) is 9.97 Å². The molecule has 0 saturated carbocycles. The third-order valence-corrected chi connectivity index (χ3v) is 3.00. The summed E-state index contributed by atoms with van der Waals surface area (Å²) in [7, 11) is 0. The fourth-order valence-electron chi connectivity index (χ4n) is 1.93. The summed E-state index contributed by atoms with van der Waals surface area (Å²) in [5.74, 6) is 0.237. The minimum Gasteiger partial charge on any atom is -0.305 e. The monoisotopic (exact) mass is 335 g/mol. The highest BCUT2D eigenvalue weighted by atomic mass is 16.1. The molecule has 3 aromatic rings. The number of hydrogen-bond donors (Lipinski definition) is 1. The van der Waals surface area contributed by atoms with E-state index in [4.69, 9.17) is 0 Å². The van der Waals surface area contributed by atoms with Gasteiger partial charge in [-0.1, -0.05) is 76.2 Å². The van der Waals surface area contributed by atoms with E-state index in [1.165, 1.54) is 0 Å². The van der Waals surface area contributed by atoms with Crippen molar-refractivity contribution in [1.29, 1.82) is 0 Å². The Bertz CT molecular complexity index is 726. The Kier molecular flexibility index (Phi) is 9.23. The van der Waals surface area contributed by atoms with Crippen molar-refractivity contribution in [2.24, 2.45) is 0 Å². The first-order valence-corrected chi connectivity index (χ1v) is 8.57. The van der Waals surface area contributed by atoms with Gasteiger partial charge in [0.1, 0.15) is 0 Å². The number of rotatable bonds is 3. The van der Waals surface area contributed by atoms with E-state index in [9.17, 15) is 4.79 Å². The normalized spacial score (nSPS) is 8.96. The van der Waals surface area contributed by atoms with E-state index in [0.717, 1.165) is 11.3 Å². The van der Waals surface area contributed by atoms with E-state index in [2.05, 4.69) is 15.3 Å². The van der Waals surface area contributed by atoms with Gasteiger partial charge in [0.15, 0.2) is 5.82 Å². The first-order chi connectivity index (χ1) is 12.3. The number of hydrogen-bond acceptors (Lipinski definition) is 3. The predicted molar refractivity (Wildman–Crippen MR) is 105 cm³/mol. The number of aromatic nitrogens is 2. The van der Waals surface area contributed by atoms with Crippen LogP contribution < -0.4 is 5.32 Å². The summed E-state index contributed by atoms with van der Waals surface area (Å²) >= 11 is 0. The van der Waals surface area contributed by atoms with Gasteiger partial charge in [0, 0.05) is 11.1 Å². The van der Waals surface area contributed by atoms with Gasteiger partial charge < -0.3 is 5.32 Å². The highest BCUT2D eigenvalue weighted by Crippen LogP contribution is 2.16. The zero-order chi connectivity index (χ0) is 18.5. The molecule has 0 saturated heterocycles. The number of anilines is 1. The summed E-state index contributed by atoms with van der Waals surface area (Å²) in [5, 5.41) is 2.72. The van der Waals surface area contributed by atoms with Crippen molar-refractivity contribution in [3.8, 4) is 11.3 Å². The smallest absolute Gasteiger partial charge is 0.256 e. The van der Waals surface area contributed by atoms with Gasteiger partial charge in [-0.15, -0.1) is 0 Å². The molecule has 1 amide bonds. The predicted octanol–water partition coefficient (Wildman–Crippen LogP) is 5.45. The quantitative estimate of drug-likeness (QED) is 0.692. The summed E-state index contributed by atoms with van der Waals surface area (Å²) in [5.41, 5.74) is 2.35. The second-order valence-corrected chi connectivity index (χ2v) is 4.47. The Morgan fingerprint density at radius 1 is 0.760 bits per heavy atom. The number of benzene rings is 2. The first kappa shape index (κ1) is 20.0. The van der Waals surface area contributed by atoms with Gasteiger partial charge in [-0.25, -0.2) is 4.98 Å². The maximum Gasteiger partial charge on any atom is 0.256 e. The number of amides is 1. The molecule has 0 unspecified atom stereocenters. The topological polar surface area (TPSA) is 54.9 Å². The third kappa shape index (κ3) is 6.18. The molecule has 130 valence electrons. The second-order valence-electron chi connectivity index (χ2n) is 4.47. The zero-order valence-electron chi connectivity index (χ0n) is 15.2. The Labute approximate surface area is 150 Å². The molecule has 0 aliphatic carbocycles. The largest absolute Gasteiger partial charge is 0.305 e. The van der Waals surface area contributed by atoms with Crippen LogP contribution in [-0.2, 0) is 0 Å². The highest BCUT2D eigenvalue weighted by Gasteiger charge is 2.06. The molecule has 4 heteroatoms. The van der Waals surface area contributed by atoms with E-state index in [1.807, 2.05) is 76.2 Å². The van der Waals surface area contributed by atoms with Gasteiger partial charge in [-0.05, 0) is 12.1 Å². The Hall–Kier alpha value is -3.01. The van der Waals surface area contributed by atoms with Crippen LogP contribution in [0.1, 0.15) is 38.1 Å². The Morgan fingerprint density at radius 3 is 1.84 bits per heavy atom. The van der Waals surface area contributed by atoms with E-state index >= 15 is 0 Å². The molecule has 2 aromatic carbocycles. The van der Waals surface area contributed by atoms with Crippen LogP contribution in [0.15, 0.2) is 73.1 Å². The third-order valence-electron chi connectivity index (χ3n) is 3.00. The molecule has 0 aliphatic rings. The fraction of sp³-hybridized carbons (Fsp3) is 0.190. The molecule has 0 spiro atoms. The Morgan fingerprint density at radius 2 is 1.32 bits per heavy atom. The molecular formula is C21H25N3O. The lowest BCUT2D eigenvalue weighted by Gasteiger charge is -2.05. The average molecular weight is 335 g/mol. The van der Waals surface area contributed by atoms with Gasteiger partial charge in [0.25, 0.3) is 5.91 Å². The van der Waals surface area contributed by atoms with Crippen LogP contribution in [0.25, 0.3) is 11.3 Å². The first-order valence-electron chi connectivity index (χ1n) is 8.57. The summed E-state index contributed by atoms with van der Waals surface area (Å²) in [6, 6.07) is 18.8. The molecule has 0 aliphatic heterocycles. The van der Waals surface area contributed by atoms with Crippen LogP contribution in [0, 0.1) is 0 Å². The lowest BCUT2D eigenvalue weighted by Crippen LogP contribution is -2.12. The number of carbonyl (C=O) groups excluding carboxylic acids is 1. The van der Waals surface area contributed by atoms with Crippen molar-refractivity contribution in [2.45, 2.75) is 27.7 Å². The molecule has 1 N–H and O–H groups in total. The lowest BCUT2D eigenvalue weighted by atomic mass is 10.2. The van der Waals surface area contributed by atoms with Crippen molar-refractivity contribution >= 4 is 11.7 Å². The minimum absolute atomic E-state index is 0.197. The summed E-state index contributed by atoms with van der Waals surface area (Å²) in [4.78, 5) is 20.5. The number of nitrogens with one attached hydrogen (secondary N) is 1. The van der Waals surface area contributed by atoms with Gasteiger partial charge in [0.05, 0.1) is 18.1 Å². The highest BCUT2D eigenvalue weighted by molar-refractivity contribution is 6.03. The van der Waals surface area contributed by atoms with Crippen molar-refractivity contribution in [3.63, 3.8) is 0 Å². The Balaban J connectivity index is 0.000000730. The fourth-order valence-corrected chi connectivity index (χ4v) is 1.93. The molecule has 25 heavy (non-hydrogen) atoms. The molecule has 3 rings (SSSR count). The van der Waals surface area contributed by atoms with Gasteiger partial charge >= 0.3 is 0 Å². The minimum atomic E-state index is -0.197. The lowest BCUT2D eigenvalue weighted by molar-refractivity contribution is 0.102. The van der Waals surface area contributed by atoms with Crippen LogP contribution in [0.3, 0.4) is 0 Å². The molecule has 4 nitrogen and oxygen atoms in total. The van der Waals surface area contributed by atoms with E-state index in [0.29, 0.717) is 11.4 Å². The van der Waals surface area contributed by atoms with Crippen molar-refractivity contribution in [3.05, 3.63) is 78.6 Å². The van der Waals surface area contributed by atoms with Gasteiger partial charge in [0.2, 0.25) is 0 Å².